The summed E-state index contributed by atoms with van der Waals surface area (Å²) in [7, 11) is 0. The third kappa shape index (κ3) is 5.04. The molecule has 9 heteroatoms. The smallest absolute Gasteiger partial charge is 0.308 e. The maximum absolute atomic E-state index is 12.9. The maximum atomic E-state index is 12.9. The van der Waals surface area contributed by atoms with E-state index in [1.54, 1.807) is 24.3 Å². The van der Waals surface area contributed by atoms with Gasteiger partial charge in [-0.3, -0.25) is 14.5 Å². The first-order valence-corrected chi connectivity index (χ1v) is 12.2. The summed E-state index contributed by atoms with van der Waals surface area (Å²) in [6.45, 7) is 4.95. The number of anilines is 1. The molecule has 0 aliphatic carbocycles. The molecule has 1 aliphatic heterocycles. The van der Waals surface area contributed by atoms with Crippen LogP contribution >= 0.6 is 11.8 Å². The topological polar surface area (TPSA) is 94.5 Å². The van der Waals surface area contributed by atoms with Crippen molar-refractivity contribution in [2.24, 2.45) is 0 Å². The Balaban J connectivity index is 1.83. The van der Waals surface area contributed by atoms with Crippen LogP contribution in [0.1, 0.15) is 51.8 Å². The number of aromatic nitrogens is 3. The Bertz CT molecular complexity index is 1200. The summed E-state index contributed by atoms with van der Waals surface area (Å²) < 4.78 is 11.8. The van der Waals surface area contributed by atoms with Crippen LogP contribution in [0.5, 0.6) is 11.6 Å². The van der Waals surface area contributed by atoms with E-state index in [4.69, 9.17) is 9.47 Å². The van der Waals surface area contributed by atoms with Crippen LogP contribution in [0.4, 0.5) is 5.69 Å². The Morgan fingerprint density at radius 2 is 1.82 bits per heavy atom. The fourth-order valence-corrected chi connectivity index (χ4v) is 4.54. The summed E-state index contributed by atoms with van der Waals surface area (Å²) in [5.41, 5.74) is 2.26. The number of amides is 1. The molecule has 0 saturated heterocycles. The van der Waals surface area contributed by atoms with Crippen molar-refractivity contribution < 1.29 is 19.1 Å². The lowest BCUT2D eigenvalue weighted by molar-refractivity contribution is -0.132. The van der Waals surface area contributed by atoms with E-state index < -0.39 is 12.2 Å². The highest BCUT2D eigenvalue weighted by Gasteiger charge is 2.36. The van der Waals surface area contributed by atoms with Gasteiger partial charge in [0.25, 0.3) is 0 Å². The Morgan fingerprint density at radius 3 is 2.59 bits per heavy atom. The van der Waals surface area contributed by atoms with Crippen LogP contribution < -0.4 is 14.4 Å². The Hall–Kier alpha value is -3.46. The van der Waals surface area contributed by atoms with Crippen molar-refractivity contribution in [1.82, 2.24) is 15.2 Å². The van der Waals surface area contributed by atoms with Crippen LogP contribution in [0.2, 0.25) is 0 Å². The summed E-state index contributed by atoms with van der Waals surface area (Å²) in [6.07, 6.45) is 2.40. The van der Waals surface area contributed by atoms with Gasteiger partial charge in [0.15, 0.2) is 5.69 Å². The number of carbonyl (C=O) groups is 2. The maximum Gasteiger partial charge on any atom is 0.308 e. The molecule has 1 amide bonds. The number of rotatable bonds is 7. The largest absolute Gasteiger partial charge is 0.447 e. The van der Waals surface area contributed by atoms with Gasteiger partial charge in [-0.15, -0.1) is 10.2 Å². The molecule has 0 N–H and O–H groups in total. The number of esters is 1. The second kappa shape index (κ2) is 10.6. The lowest BCUT2D eigenvalue weighted by atomic mass is 10.1. The second-order valence-corrected chi connectivity index (χ2v) is 8.87. The van der Waals surface area contributed by atoms with Gasteiger partial charge in [-0.05, 0) is 24.6 Å². The summed E-state index contributed by atoms with van der Waals surface area (Å²) in [6, 6.07) is 14.4. The molecule has 0 unspecified atom stereocenters. The molecule has 2 aromatic carbocycles. The van der Waals surface area contributed by atoms with Gasteiger partial charge < -0.3 is 9.47 Å². The minimum absolute atomic E-state index is 0.245. The average molecular weight is 479 g/mol. The summed E-state index contributed by atoms with van der Waals surface area (Å²) >= 11 is 1.52. The first-order chi connectivity index (χ1) is 16.5. The average Bonchev–Trinajstić information content (AvgIpc) is 2.96. The zero-order valence-corrected chi connectivity index (χ0v) is 20.2. The molecule has 4 rings (SSSR count). The van der Waals surface area contributed by atoms with Crippen molar-refractivity contribution in [1.29, 1.82) is 0 Å². The van der Waals surface area contributed by atoms with Crippen molar-refractivity contribution >= 4 is 29.3 Å². The van der Waals surface area contributed by atoms with Crippen molar-refractivity contribution in [2.45, 2.75) is 51.4 Å². The highest BCUT2D eigenvalue weighted by Crippen LogP contribution is 2.44. The number of para-hydroxylation sites is 2. The van der Waals surface area contributed by atoms with Crippen LogP contribution in [-0.2, 0) is 9.59 Å². The zero-order valence-electron chi connectivity index (χ0n) is 19.4. The molecule has 8 nitrogen and oxygen atoms in total. The lowest BCUT2D eigenvalue weighted by Gasteiger charge is -2.30. The van der Waals surface area contributed by atoms with E-state index in [9.17, 15) is 9.59 Å². The van der Waals surface area contributed by atoms with Gasteiger partial charge in [0, 0.05) is 25.2 Å². The second-order valence-electron chi connectivity index (χ2n) is 7.81. The molecule has 0 saturated carbocycles. The SMILES string of the molecule is CCCCCSc1nnc2c(n1)O[C@H](c1ccccc1OC(C)=O)N(C(C)=O)c1ccccc1-2. The number of fused-ring (bicyclic) bond motifs is 3. The third-order valence-electron chi connectivity index (χ3n) is 5.27. The summed E-state index contributed by atoms with van der Waals surface area (Å²) in [5.74, 6) is 0.745. The molecule has 1 aliphatic rings. The van der Waals surface area contributed by atoms with Crippen LogP contribution in [-0.4, -0.2) is 32.8 Å². The number of benzene rings is 2. The fraction of sp³-hybridized carbons (Fsp3) is 0.320. The Kier molecular flexibility index (Phi) is 7.42. The van der Waals surface area contributed by atoms with E-state index in [-0.39, 0.29) is 11.8 Å². The number of nitrogens with zero attached hydrogens (tertiary/aromatic N) is 4. The number of thioether (sulfide) groups is 1. The van der Waals surface area contributed by atoms with E-state index >= 15 is 0 Å². The van der Waals surface area contributed by atoms with Gasteiger partial charge in [-0.25, -0.2) is 0 Å². The molecular weight excluding hydrogens is 452 g/mol. The lowest BCUT2D eigenvalue weighted by Crippen LogP contribution is -2.36. The van der Waals surface area contributed by atoms with E-state index in [0.29, 0.717) is 33.4 Å². The normalized spacial score (nSPS) is 14.4. The third-order valence-corrected chi connectivity index (χ3v) is 6.19. The highest BCUT2D eigenvalue weighted by molar-refractivity contribution is 7.99. The Labute approximate surface area is 202 Å². The molecule has 2 heterocycles. The van der Waals surface area contributed by atoms with Gasteiger partial charge in [0.1, 0.15) is 5.75 Å². The van der Waals surface area contributed by atoms with Crippen molar-refractivity contribution in [2.75, 3.05) is 10.7 Å². The number of unbranched alkanes of at least 4 members (excludes halogenated alkanes) is 2. The molecule has 34 heavy (non-hydrogen) atoms. The van der Waals surface area contributed by atoms with Gasteiger partial charge in [0.05, 0.1) is 11.3 Å². The molecule has 3 aromatic rings. The molecule has 0 spiro atoms. The van der Waals surface area contributed by atoms with Crippen molar-refractivity contribution in [3.63, 3.8) is 0 Å². The van der Waals surface area contributed by atoms with Gasteiger partial charge >= 0.3 is 5.97 Å². The molecule has 176 valence electrons. The fourth-order valence-electron chi connectivity index (χ4n) is 3.76. The van der Waals surface area contributed by atoms with Gasteiger partial charge in [-0.1, -0.05) is 61.9 Å². The van der Waals surface area contributed by atoms with E-state index in [2.05, 4.69) is 22.1 Å². The van der Waals surface area contributed by atoms with Crippen molar-refractivity contribution in [3.05, 3.63) is 54.1 Å². The monoisotopic (exact) mass is 478 g/mol. The minimum atomic E-state index is -0.926. The van der Waals surface area contributed by atoms with Gasteiger partial charge in [-0.2, -0.15) is 4.98 Å². The molecule has 0 fully saturated rings. The first kappa shape index (κ1) is 23.7. The van der Waals surface area contributed by atoms with E-state index in [0.717, 1.165) is 25.0 Å². The summed E-state index contributed by atoms with van der Waals surface area (Å²) in [4.78, 5) is 30.8. The predicted octanol–water partition coefficient (Wildman–Crippen LogP) is 5.19. The standard InChI is InChI=1S/C25H26N4O4S/c1-4-5-10-15-34-25-26-23-22(27-28-25)18-11-6-8-13-20(18)29(16(2)30)24(33-23)19-12-7-9-14-21(19)32-17(3)31/h6-9,11-14,24H,4-5,10,15H2,1-3H3/t24-/m1/s1. The number of carbonyl (C=O) groups excluding carboxylic acids is 2. The molecule has 1 atom stereocenters. The van der Waals surface area contributed by atoms with Crippen LogP contribution in [0.3, 0.4) is 0 Å². The van der Waals surface area contributed by atoms with Crippen LogP contribution in [0.25, 0.3) is 11.3 Å². The first-order valence-electron chi connectivity index (χ1n) is 11.2. The van der Waals surface area contributed by atoms with Crippen LogP contribution in [0, 0.1) is 0 Å². The molecular formula is C25H26N4O4S. The van der Waals surface area contributed by atoms with Gasteiger partial charge in [0.2, 0.25) is 23.2 Å². The number of hydrogen-bond donors (Lipinski definition) is 0. The number of ether oxygens (including phenoxy) is 2. The molecule has 0 radical (unpaired) electrons. The summed E-state index contributed by atoms with van der Waals surface area (Å²) in [5, 5.41) is 9.24. The molecule has 1 aromatic heterocycles. The quantitative estimate of drug-likeness (QED) is 0.198. The minimum Gasteiger partial charge on any atom is -0.447 e. The van der Waals surface area contributed by atoms with Crippen molar-refractivity contribution in [3.8, 4) is 22.9 Å². The number of hydrogen-bond acceptors (Lipinski definition) is 8. The molecule has 0 bridgehead atoms. The highest BCUT2D eigenvalue weighted by atomic mass is 32.2. The van der Waals surface area contributed by atoms with E-state index in [1.165, 1.54) is 30.5 Å². The predicted molar refractivity (Wildman–Crippen MR) is 130 cm³/mol. The van der Waals surface area contributed by atoms with E-state index in [1.807, 2.05) is 24.3 Å². The Morgan fingerprint density at radius 1 is 1.06 bits per heavy atom. The zero-order chi connectivity index (χ0) is 24.1. The van der Waals surface area contributed by atoms with Crippen LogP contribution in [0.15, 0.2) is 53.7 Å².